The maximum Gasteiger partial charge on any atom is 0.162 e. The highest BCUT2D eigenvalue weighted by atomic mass is 32.2. The van der Waals surface area contributed by atoms with E-state index < -0.39 is 0 Å². The number of ether oxygens (including phenoxy) is 2. The fourth-order valence-corrected chi connectivity index (χ4v) is 2.79. The quantitative estimate of drug-likeness (QED) is 0.936. The zero-order valence-electron chi connectivity index (χ0n) is 11.8. The molecule has 0 atom stereocenters. The van der Waals surface area contributed by atoms with E-state index in [0.717, 1.165) is 40.2 Å². The third-order valence-corrected chi connectivity index (χ3v) is 3.81. The summed E-state index contributed by atoms with van der Waals surface area (Å²) in [6.45, 7) is 4.25. The van der Waals surface area contributed by atoms with Gasteiger partial charge in [0, 0.05) is 17.9 Å². The van der Waals surface area contributed by atoms with Gasteiger partial charge in [-0.15, -0.1) is 0 Å². The van der Waals surface area contributed by atoms with Gasteiger partial charge in [0.05, 0.1) is 25.6 Å². The van der Waals surface area contributed by atoms with E-state index >= 15 is 0 Å². The van der Waals surface area contributed by atoms with Gasteiger partial charge >= 0.3 is 0 Å². The number of hydrogen-bond donors (Lipinski definition) is 1. The summed E-state index contributed by atoms with van der Waals surface area (Å²) in [4.78, 5) is 9.76. The molecule has 3 rings (SSSR count). The van der Waals surface area contributed by atoms with Crippen LogP contribution in [0.4, 0.5) is 5.82 Å². The summed E-state index contributed by atoms with van der Waals surface area (Å²) in [7, 11) is 0. The molecule has 5 nitrogen and oxygen atoms in total. The summed E-state index contributed by atoms with van der Waals surface area (Å²) in [6.07, 6.45) is 4.39. The Morgan fingerprint density at radius 1 is 1.19 bits per heavy atom. The zero-order valence-corrected chi connectivity index (χ0v) is 12.7. The SMILES string of the molecule is CCNc1cncc(Sc2ccc3c(c2)OCCCO3)n1. The Bertz CT molecular complexity index is 622. The van der Waals surface area contributed by atoms with Gasteiger partial charge in [-0.2, -0.15) is 0 Å². The molecule has 0 unspecified atom stereocenters. The van der Waals surface area contributed by atoms with E-state index in [0.29, 0.717) is 13.2 Å². The minimum absolute atomic E-state index is 0.691. The molecule has 0 amide bonds. The molecule has 1 aromatic heterocycles. The maximum atomic E-state index is 5.70. The number of anilines is 1. The Labute approximate surface area is 128 Å². The monoisotopic (exact) mass is 303 g/mol. The maximum absolute atomic E-state index is 5.70. The standard InChI is InChI=1S/C15H17N3O2S/c1-2-17-14-9-16-10-15(18-14)21-11-4-5-12-13(8-11)20-7-3-6-19-12/h4-5,8-10H,2-3,6-7H2,1H3,(H,17,18). The first-order valence-electron chi connectivity index (χ1n) is 6.98. The molecule has 0 fully saturated rings. The lowest BCUT2D eigenvalue weighted by Gasteiger charge is -2.09. The highest BCUT2D eigenvalue weighted by Crippen LogP contribution is 2.36. The first-order chi connectivity index (χ1) is 10.3. The van der Waals surface area contributed by atoms with Crippen molar-refractivity contribution in [3.05, 3.63) is 30.6 Å². The van der Waals surface area contributed by atoms with Gasteiger partial charge in [0.2, 0.25) is 0 Å². The zero-order chi connectivity index (χ0) is 14.5. The molecule has 0 spiro atoms. The average Bonchev–Trinajstić information content (AvgIpc) is 2.73. The van der Waals surface area contributed by atoms with Crippen LogP contribution in [-0.4, -0.2) is 29.7 Å². The molecule has 2 aromatic rings. The molecule has 110 valence electrons. The van der Waals surface area contributed by atoms with Crippen LogP contribution in [0.5, 0.6) is 11.5 Å². The number of hydrogen-bond acceptors (Lipinski definition) is 6. The molecule has 0 aliphatic carbocycles. The van der Waals surface area contributed by atoms with Gasteiger partial charge in [-0.25, -0.2) is 4.98 Å². The van der Waals surface area contributed by atoms with Crippen molar-refractivity contribution in [3.8, 4) is 11.5 Å². The van der Waals surface area contributed by atoms with E-state index in [2.05, 4.69) is 15.3 Å². The highest BCUT2D eigenvalue weighted by Gasteiger charge is 2.11. The lowest BCUT2D eigenvalue weighted by molar-refractivity contribution is 0.297. The molecule has 1 aliphatic rings. The van der Waals surface area contributed by atoms with Crippen LogP contribution < -0.4 is 14.8 Å². The van der Waals surface area contributed by atoms with Crippen molar-refractivity contribution in [1.29, 1.82) is 0 Å². The van der Waals surface area contributed by atoms with Crippen molar-refractivity contribution in [3.63, 3.8) is 0 Å². The van der Waals surface area contributed by atoms with Gasteiger partial charge in [-0.3, -0.25) is 4.98 Å². The highest BCUT2D eigenvalue weighted by molar-refractivity contribution is 7.99. The van der Waals surface area contributed by atoms with Crippen LogP contribution in [0.1, 0.15) is 13.3 Å². The third kappa shape index (κ3) is 3.58. The van der Waals surface area contributed by atoms with Crippen molar-refractivity contribution in [1.82, 2.24) is 9.97 Å². The van der Waals surface area contributed by atoms with Crippen molar-refractivity contribution >= 4 is 17.6 Å². The molecule has 1 aromatic carbocycles. The molecular formula is C15H17N3O2S. The molecule has 0 saturated heterocycles. The number of nitrogens with zero attached hydrogens (tertiary/aromatic N) is 2. The molecule has 21 heavy (non-hydrogen) atoms. The Balaban J connectivity index is 1.78. The van der Waals surface area contributed by atoms with E-state index in [1.54, 1.807) is 24.2 Å². The second kappa shape index (κ2) is 6.67. The lowest BCUT2D eigenvalue weighted by atomic mass is 10.3. The molecule has 1 aliphatic heterocycles. The van der Waals surface area contributed by atoms with E-state index in [-0.39, 0.29) is 0 Å². The minimum atomic E-state index is 0.691. The summed E-state index contributed by atoms with van der Waals surface area (Å²) in [5.74, 6) is 2.40. The van der Waals surface area contributed by atoms with Crippen molar-refractivity contribution in [2.45, 2.75) is 23.3 Å². The fraction of sp³-hybridized carbons (Fsp3) is 0.333. The molecule has 1 N–H and O–H groups in total. The van der Waals surface area contributed by atoms with E-state index in [1.165, 1.54) is 0 Å². The molecular weight excluding hydrogens is 286 g/mol. The Hall–Kier alpha value is -1.95. The summed E-state index contributed by atoms with van der Waals surface area (Å²) in [5, 5.41) is 4.01. The van der Waals surface area contributed by atoms with Crippen LogP contribution in [-0.2, 0) is 0 Å². The van der Waals surface area contributed by atoms with Crippen LogP contribution in [0.25, 0.3) is 0 Å². The lowest BCUT2D eigenvalue weighted by Crippen LogP contribution is -2.00. The van der Waals surface area contributed by atoms with Crippen LogP contribution >= 0.6 is 11.8 Å². The van der Waals surface area contributed by atoms with Gasteiger partial charge in [-0.1, -0.05) is 11.8 Å². The van der Waals surface area contributed by atoms with Gasteiger partial charge in [-0.05, 0) is 25.1 Å². The fourth-order valence-electron chi connectivity index (χ4n) is 1.99. The summed E-state index contributed by atoms with van der Waals surface area (Å²) < 4.78 is 11.3. The Kier molecular flexibility index (Phi) is 4.45. The molecule has 6 heteroatoms. The van der Waals surface area contributed by atoms with Gasteiger partial charge in [0.1, 0.15) is 10.8 Å². The third-order valence-electron chi connectivity index (χ3n) is 2.91. The van der Waals surface area contributed by atoms with E-state index in [9.17, 15) is 0 Å². The molecule has 0 bridgehead atoms. The second-order valence-electron chi connectivity index (χ2n) is 4.53. The average molecular weight is 303 g/mol. The van der Waals surface area contributed by atoms with Crippen LogP contribution in [0.2, 0.25) is 0 Å². The van der Waals surface area contributed by atoms with Crippen LogP contribution in [0.15, 0.2) is 40.5 Å². The molecule has 2 heterocycles. The van der Waals surface area contributed by atoms with Crippen molar-refractivity contribution in [2.75, 3.05) is 25.1 Å². The smallest absolute Gasteiger partial charge is 0.162 e. The first-order valence-corrected chi connectivity index (χ1v) is 7.80. The van der Waals surface area contributed by atoms with Gasteiger partial charge in [0.25, 0.3) is 0 Å². The largest absolute Gasteiger partial charge is 0.490 e. The Morgan fingerprint density at radius 3 is 2.90 bits per heavy atom. The number of nitrogens with one attached hydrogen (secondary N) is 1. The predicted octanol–water partition coefficient (Wildman–Crippen LogP) is 3.22. The topological polar surface area (TPSA) is 56.3 Å². The van der Waals surface area contributed by atoms with Crippen LogP contribution in [0, 0.1) is 0 Å². The van der Waals surface area contributed by atoms with Gasteiger partial charge in [0.15, 0.2) is 11.5 Å². The number of aromatic nitrogens is 2. The minimum Gasteiger partial charge on any atom is -0.490 e. The summed E-state index contributed by atoms with van der Waals surface area (Å²) in [5.41, 5.74) is 0. The number of fused-ring (bicyclic) bond motifs is 1. The van der Waals surface area contributed by atoms with Gasteiger partial charge < -0.3 is 14.8 Å². The number of benzene rings is 1. The van der Waals surface area contributed by atoms with Crippen molar-refractivity contribution < 1.29 is 9.47 Å². The summed E-state index contributed by atoms with van der Waals surface area (Å²) >= 11 is 1.56. The van der Waals surface area contributed by atoms with E-state index in [4.69, 9.17) is 9.47 Å². The molecule has 0 saturated carbocycles. The second-order valence-corrected chi connectivity index (χ2v) is 5.63. The Morgan fingerprint density at radius 2 is 2.05 bits per heavy atom. The predicted molar refractivity (Wildman–Crippen MR) is 82.4 cm³/mol. The van der Waals surface area contributed by atoms with Crippen molar-refractivity contribution in [2.24, 2.45) is 0 Å². The summed E-state index contributed by atoms with van der Waals surface area (Å²) in [6, 6.07) is 5.96. The van der Waals surface area contributed by atoms with E-state index in [1.807, 2.05) is 25.1 Å². The number of rotatable bonds is 4. The first kappa shape index (κ1) is 14.0. The van der Waals surface area contributed by atoms with Crippen LogP contribution in [0.3, 0.4) is 0 Å². The normalized spacial score (nSPS) is 13.6. The molecule has 0 radical (unpaired) electrons.